The summed E-state index contributed by atoms with van der Waals surface area (Å²) in [5.74, 6) is -0.103. The fraction of sp³-hybridized carbons (Fsp3) is 0.375. The zero-order valence-corrected chi connectivity index (χ0v) is 15.8. The van der Waals surface area contributed by atoms with Gasteiger partial charge in [0.1, 0.15) is 10.0 Å². The van der Waals surface area contributed by atoms with Crippen LogP contribution in [0.3, 0.4) is 0 Å². The maximum Gasteiger partial charge on any atom is 0.232 e. The molecule has 0 bridgehead atoms. The van der Waals surface area contributed by atoms with Crippen molar-refractivity contribution in [2.45, 2.75) is 39.0 Å². The zero-order chi connectivity index (χ0) is 16.8. The molecule has 0 aromatic carbocycles. The van der Waals surface area contributed by atoms with E-state index in [2.05, 4.69) is 27.4 Å². The van der Waals surface area contributed by atoms with Crippen LogP contribution >= 0.6 is 34.0 Å². The molecule has 3 heterocycles. The number of thiophene rings is 1. The van der Waals surface area contributed by atoms with Crippen LogP contribution in [0.15, 0.2) is 22.9 Å². The van der Waals surface area contributed by atoms with Gasteiger partial charge >= 0.3 is 0 Å². The van der Waals surface area contributed by atoms with Crippen molar-refractivity contribution < 1.29 is 4.79 Å². The highest BCUT2D eigenvalue weighted by atomic mass is 32.1. The van der Waals surface area contributed by atoms with Gasteiger partial charge in [0.2, 0.25) is 11.0 Å². The van der Waals surface area contributed by atoms with E-state index in [-0.39, 0.29) is 12.3 Å². The molecule has 0 unspecified atom stereocenters. The first-order chi connectivity index (χ1) is 11.7. The van der Waals surface area contributed by atoms with Crippen molar-refractivity contribution in [1.29, 1.82) is 0 Å². The molecule has 1 amide bonds. The fourth-order valence-corrected chi connectivity index (χ4v) is 4.59. The Hall–Kier alpha value is -1.64. The molecule has 0 radical (unpaired) electrons. The first-order valence-corrected chi connectivity index (χ1v) is 10.4. The summed E-state index contributed by atoms with van der Waals surface area (Å²) in [6.07, 6.45) is 4.68. The van der Waals surface area contributed by atoms with Gasteiger partial charge in [-0.15, -0.1) is 32.9 Å². The smallest absolute Gasteiger partial charge is 0.232 e. The summed E-state index contributed by atoms with van der Waals surface area (Å²) >= 11 is 4.67. The van der Waals surface area contributed by atoms with E-state index >= 15 is 0 Å². The molecule has 3 aromatic rings. The fourth-order valence-electron chi connectivity index (χ4n) is 2.16. The molecule has 0 saturated carbocycles. The van der Waals surface area contributed by atoms with Gasteiger partial charge in [0.05, 0.1) is 17.0 Å². The van der Waals surface area contributed by atoms with Crippen LogP contribution < -0.4 is 5.32 Å². The number of anilines is 1. The lowest BCUT2D eigenvalue weighted by Crippen LogP contribution is -2.14. The van der Waals surface area contributed by atoms with Gasteiger partial charge in [0.15, 0.2) is 0 Å². The van der Waals surface area contributed by atoms with E-state index in [0.717, 1.165) is 33.4 Å². The van der Waals surface area contributed by atoms with E-state index in [9.17, 15) is 4.79 Å². The van der Waals surface area contributed by atoms with E-state index < -0.39 is 0 Å². The maximum absolute atomic E-state index is 12.1. The lowest BCUT2D eigenvalue weighted by atomic mass is 10.2. The van der Waals surface area contributed by atoms with Crippen LogP contribution in [0.4, 0.5) is 5.13 Å². The third-order valence-electron chi connectivity index (χ3n) is 3.33. The number of thiazole rings is 1. The molecule has 0 aliphatic heterocycles. The summed E-state index contributed by atoms with van der Waals surface area (Å²) in [6.45, 7) is 2.17. The van der Waals surface area contributed by atoms with Crippen LogP contribution in [0.25, 0.3) is 9.88 Å². The molecule has 126 valence electrons. The summed E-state index contributed by atoms with van der Waals surface area (Å²) < 4.78 is 0. The first-order valence-electron chi connectivity index (χ1n) is 7.85. The minimum absolute atomic E-state index is 0.103. The Bertz CT molecular complexity index is 779. The topological polar surface area (TPSA) is 67.8 Å². The Balaban J connectivity index is 1.52. The Morgan fingerprint density at radius 1 is 1.25 bits per heavy atom. The van der Waals surface area contributed by atoms with Gasteiger partial charge in [0.25, 0.3) is 0 Å². The number of unbranched alkanes of at least 4 members (excludes halogenated alkanes) is 2. The van der Waals surface area contributed by atoms with E-state index in [1.807, 2.05) is 22.9 Å². The van der Waals surface area contributed by atoms with Crippen LogP contribution in [0.1, 0.15) is 36.9 Å². The number of carbonyl (C=O) groups is 1. The molecule has 3 aromatic heterocycles. The normalized spacial score (nSPS) is 10.9. The quantitative estimate of drug-likeness (QED) is 0.580. The molecular weight excluding hydrogens is 360 g/mol. The number of nitrogens with zero attached hydrogens (tertiary/aromatic N) is 3. The Morgan fingerprint density at radius 2 is 2.17 bits per heavy atom. The third kappa shape index (κ3) is 4.68. The highest BCUT2D eigenvalue weighted by Crippen LogP contribution is 2.28. The number of carbonyl (C=O) groups excluding carboxylic acids is 1. The van der Waals surface area contributed by atoms with Crippen molar-refractivity contribution in [2.24, 2.45) is 0 Å². The SMILES string of the molecule is CCCCCc1nnc(NC(=O)Cc2csc(-c3cccs3)n2)s1. The number of rotatable bonds is 8. The molecule has 0 aliphatic carbocycles. The average molecular weight is 379 g/mol. The van der Waals surface area contributed by atoms with Crippen LogP contribution in [0.2, 0.25) is 0 Å². The number of aryl methyl sites for hydroxylation is 1. The van der Waals surface area contributed by atoms with Crippen LogP contribution in [0, 0.1) is 0 Å². The van der Waals surface area contributed by atoms with Crippen molar-refractivity contribution in [3.05, 3.63) is 33.6 Å². The zero-order valence-electron chi connectivity index (χ0n) is 13.3. The lowest BCUT2D eigenvalue weighted by molar-refractivity contribution is -0.115. The molecular formula is C16H18N4OS3. The van der Waals surface area contributed by atoms with E-state index in [1.54, 1.807) is 22.7 Å². The van der Waals surface area contributed by atoms with Crippen LogP contribution in [-0.4, -0.2) is 21.1 Å². The van der Waals surface area contributed by atoms with Crippen molar-refractivity contribution in [3.63, 3.8) is 0 Å². The third-order valence-corrected chi connectivity index (χ3v) is 6.16. The van der Waals surface area contributed by atoms with Gasteiger partial charge in [-0.25, -0.2) is 4.98 Å². The van der Waals surface area contributed by atoms with Crippen LogP contribution in [0.5, 0.6) is 0 Å². The van der Waals surface area contributed by atoms with Gasteiger partial charge in [-0.2, -0.15) is 0 Å². The summed E-state index contributed by atoms with van der Waals surface area (Å²) in [5.41, 5.74) is 0.786. The summed E-state index contributed by atoms with van der Waals surface area (Å²) in [5, 5.41) is 17.5. The number of hydrogen-bond donors (Lipinski definition) is 1. The van der Waals surface area contributed by atoms with Gasteiger partial charge in [-0.05, 0) is 17.9 Å². The second-order valence-electron chi connectivity index (χ2n) is 5.30. The first kappa shape index (κ1) is 17.2. The van der Waals surface area contributed by atoms with Gasteiger partial charge in [0, 0.05) is 11.8 Å². The van der Waals surface area contributed by atoms with E-state index in [1.165, 1.54) is 24.2 Å². The lowest BCUT2D eigenvalue weighted by Gasteiger charge is -1.98. The Labute approximate surface area is 152 Å². The molecule has 0 fully saturated rings. The van der Waals surface area contributed by atoms with E-state index in [4.69, 9.17) is 0 Å². The molecule has 5 nitrogen and oxygen atoms in total. The number of hydrogen-bond acceptors (Lipinski definition) is 7. The molecule has 1 N–H and O–H groups in total. The van der Waals surface area contributed by atoms with Crippen LogP contribution in [-0.2, 0) is 17.6 Å². The van der Waals surface area contributed by atoms with E-state index in [0.29, 0.717) is 5.13 Å². The molecule has 0 spiro atoms. The molecule has 3 rings (SSSR count). The Morgan fingerprint density at radius 3 is 2.96 bits per heavy atom. The summed E-state index contributed by atoms with van der Waals surface area (Å²) in [7, 11) is 0. The van der Waals surface area contributed by atoms with Gasteiger partial charge in [-0.1, -0.05) is 37.2 Å². The van der Waals surface area contributed by atoms with Crippen molar-refractivity contribution in [2.75, 3.05) is 5.32 Å². The minimum atomic E-state index is -0.103. The van der Waals surface area contributed by atoms with Crippen molar-refractivity contribution in [3.8, 4) is 9.88 Å². The number of amides is 1. The van der Waals surface area contributed by atoms with Crippen molar-refractivity contribution in [1.82, 2.24) is 15.2 Å². The van der Waals surface area contributed by atoms with Crippen molar-refractivity contribution >= 4 is 45.0 Å². The summed E-state index contributed by atoms with van der Waals surface area (Å²) in [4.78, 5) is 17.8. The predicted octanol–water partition coefficient (Wildman–Crippen LogP) is 4.64. The molecule has 0 saturated heterocycles. The maximum atomic E-state index is 12.1. The second kappa shape index (κ2) is 8.46. The monoisotopic (exact) mass is 378 g/mol. The van der Waals surface area contributed by atoms with Gasteiger partial charge in [-0.3, -0.25) is 4.79 Å². The van der Waals surface area contributed by atoms with Gasteiger partial charge < -0.3 is 5.32 Å². The minimum Gasteiger partial charge on any atom is -0.300 e. The standard InChI is InChI=1S/C16H18N4OS3/c1-2-3-4-7-14-19-20-16(24-14)18-13(21)9-11-10-23-15(17-11)12-6-5-8-22-12/h5-6,8,10H,2-4,7,9H2,1H3,(H,18,20,21). The highest BCUT2D eigenvalue weighted by molar-refractivity contribution is 7.20. The molecule has 0 atom stereocenters. The Kier molecular flexibility index (Phi) is 6.06. The summed E-state index contributed by atoms with van der Waals surface area (Å²) in [6, 6.07) is 4.04. The predicted molar refractivity (Wildman–Crippen MR) is 101 cm³/mol. The highest BCUT2D eigenvalue weighted by Gasteiger charge is 2.12. The molecule has 8 heteroatoms. The number of nitrogens with one attached hydrogen (secondary N) is 1. The average Bonchev–Trinajstić information content (AvgIpc) is 3.28. The molecule has 0 aliphatic rings. The largest absolute Gasteiger partial charge is 0.300 e. The number of aromatic nitrogens is 3. The second-order valence-corrected chi connectivity index (χ2v) is 8.17. The molecule has 24 heavy (non-hydrogen) atoms.